The number of H-pyrrole nitrogens is 1. The molecule has 0 aliphatic heterocycles. The van der Waals surface area contributed by atoms with Crippen LogP contribution in [0.25, 0.3) is 11.0 Å². The smallest absolute Gasteiger partial charge is 0.257 e. The Bertz CT molecular complexity index is 731. The minimum atomic E-state index is -0.192. The van der Waals surface area contributed by atoms with Gasteiger partial charge in [-0.15, -0.1) is 0 Å². The van der Waals surface area contributed by atoms with Crippen LogP contribution in [-0.2, 0) is 0 Å². The molecule has 2 aromatic carbocycles. The molecule has 1 aromatic heterocycles. The Kier molecular flexibility index (Phi) is 2.64. The molecule has 0 atom stereocenters. The number of nitrogen functional groups attached to an aromatic ring is 1. The summed E-state index contributed by atoms with van der Waals surface area (Å²) in [4.78, 5) is 19.4. The van der Waals surface area contributed by atoms with Crippen molar-refractivity contribution in [3.63, 3.8) is 0 Å². The highest BCUT2D eigenvalue weighted by atomic mass is 16.1. The third kappa shape index (κ3) is 2.13. The predicted octanol–water partition coefficient (Wildman–Crippen LogP) is 2.40. The third-order valence-corrected chi connectivity index (χ3v) is 2.86. The molecular formula is C14H12N4O. The average molecular weight is 252 g/mol. The number of imidazole rings is 1. The summed E-state index contributed by atoms with van der Waals surface area (Å²) in [6.45, 7) is 0. The SMILES string of the molecule is Nc1ccc(NC(=O)c2cccc3[nH]cnc23)cc1. The van der Waals surface area contributed by atoms with Crippen LogP contribution >= 0.6 is 0 Å². The van der Waals surface area contributed by atoms with Crippen LogP contribution in [0, 0.1) is 0 Å². The van der Waals surface area contributed by atoms with Crippen molar-refractivity contribution in [2.75, 3.05) is 11.1 Å². The second-order valence-corrected chi connectivity index (χ2v) is 4.18. The molecule has 0 spiro atoms. The molecule has 1 amide bonds. The molecule has 0 fully saturated rings. The number of aromatic nitrogens is 2. The summed E-state index contributed by atoms with van der Waals surface area (Å²) in [6, 6.07) is 12.4. The summed E-state index contributed by atoms with van der Waals surface area (Å²) in [5, 5.41) is 2.82. The summed E-state index contributed by atoms with van der Waals surface area (Å²) in [7, 11) is 0. The van der Waals surface area contributed by atoms with Crippen LogP contribution < -0.4 is 11.1 Å². The largest absolute Gasteiger partial charge is 0.399 e. The van der Waals surface area contributed by atoms with E-state index in [1.807, 2.05) is 12.1 Å². The van der Waals surface area contributed by atoms with Gasteiger partial charge >= 0.3 is 0 Å². The van der Waals surface area contributed by atoms with E-state index in [0.29, 0.717) is 22.5 Å². The molecule has 19 heavy (non-hydrogen) atoms. The fourth-order valence-electron chi connectivity index (χ4n) is 1.91. The van der Waals surface area contributed by atoms with E-state index in [1.54, 1.807) is 36.7 Å². The van der Waals surface area contributed by atoms with Gasteiger partial charge in [0.2, 0.25) is 0 Å². The molecule has 1 heterocycles. The first-order valence-electron chi connectivity index (χ1n) is 5.83. The lowest BCUT2D eigenvalue weighted by Gasteiger charge is -2.06. The molecule has 0 bridgehead atoms. The fraction of sp³-hybridized carbons (Fsp3) is 0. The van der Waals surface area contributed by atoms with Crippen molar-refractivity contribution >= 4 is 28.3 Å². The van der Waals surface area contributed by atoms with Crippen molar-refractivity contribution in [1.29, 1.82) is 0 Å². The van der Waals surface area contributed by atoms with Crippen molar-refractivity contribution in [1.82, 2.24) is 9.97 Å². The first kappa shape index (κ1) is 11.3. The zero-order valence-electron chi connectivity index (χ0n) is 10.1. The van der Waals surface area contributed by atoms with Gasteiger partial charge < -0.3 is 16.0 Å². The maximum absolute atomic E-state index is 12.2. The van der Waals surface area contributed by atoms with E-state index in [-0.39, 0.29) is 5.91 Å². The van der Waals surface area contributed by atoms with Crippen LogP contribution in [0.15, 0.2) is 48.8 Å². The van der Waals surface area contributed by atoms with E-state index >= 15 is 0 Å². The molecular weight excluding hydrogens is 240 g/mol. The molecule has 4 N–H and O–H groups in total. The number of anilines is 2. The summed E-state index contributed by atoms with van der Waals surface area (Å²) in [6.07, 6.45) is 1.57. The average Bonchev–Trinajstić information content (AvgIpc) is 2.89. The number of fused-ring (bicyclic) bond motifs is 1. The quantitative estimate of drug-likeness (QED) is 0.612. The minimum Gasteiger partial charge on any atom is -0.399 e. The van der Waals surface area contributed by atoms with Crippen molar-refractivity contribution < 1.29 is 4.79 Å². The van der Waals surface area contributed by atoms with Crippen LogP contribution in [0.5, 0.6) is 0 Å². The topological polar surface area (TPSA) is 83.8 Å². The second kappa shape index (κ2) is 4.45. The van der Waals surface area contributed by atoms with Gasteiger partial charge in [-0.05, 0) is 36.4 Å². The number of aromatic amines is 1. The highest BCUT2D eigenvalue weighted by Gasteiger charge is 2.11. The number of nitrogens with one attached hydrogen (secondary N) is 2. The van der Waals surface area contributed by atoms with Crippen molar-refractivity contribution in [2.24, 2.45) is 0 Å². The van der Waals surface area contributed by atoms with Gasteiger partial charge in [-0.3, -0.25) is 4.79 Å². The molecule has 0 saturated heterocycles. The number of nitrogens with two attached hydrogens (primary N) is 1. The molecule has 94 valence electrons. The number of benzene rings is 2. The van der Waals surface area contributed by atoms with Crippen LogP contribution in [0.2, 0.25) is 0 Å². The molecule has 5 nitrogen and oxygen atoms in total. The lowest BCUT2D eigenvalue weighted by Crippen LogP contribution is -2.12. The van der Waals surface area contributed by atoms with E-state index < -0.39 is 0 Å². The molecule has 0 aliphatic carbocycles. The Morgan fingerprint density at radius 2 is 1.95 bits per heavy atom. The first-order chi connectivity index (χ1) is 9.24. The zero-order chi connectivity index (χ0) is 13.2. The van der Waals surface area contributed by atoms with E-state index in [4.69, 9.17) is 5.73 Å². The number of nitrogens with zero attached hydrogens (tertiary/aromatic N) is 1. The highest BCUT2D eigenvalue weighted by molar-refractivity contribution is 6.11. The van der Waals surface area contributed by atoms with Gasteiger partial charge in [0.1, 0.15) is 5.52 Å². The van der Waals surface area contributed by atoms with Crippen LogP contribution in [-0.4, -0.2) is 15.9 Å². The Hall–Kier alpha value is -2.82. The summed E-state index contributed by atoms with van der Waals surface area (Å²) in [5.74, 6) is -0.192. The van der Waals surface area contributed by atoms with Gasteiger partial charge in [-0.25, -0.2) is 4.98 Å². The van der Waals surface area contributed by atoms with Crippen LogP contribution in [0.4, 0.5) is 11.4 Å². The normalized spacial score (nSPS) is 10.5. The maximum Gasteiger partial charge on any atom is 0.257 e. The zero-order valence-corrected chi connectivity index (χ0v) is 10.1. The molecule has 0 aliphatic rings. The van der Waals surface area contributed by atoms with Crippen LogP contribution in [0.3, 0.4) is 0 Å². The van der Waals surface area contributed by atoms with Gasteiger partial charge in [-0.2, -0.15) is 0 Å². The van der Waals surface area contributed by atoms with E-state index in [1.165, 1.54) is 0 Å². The number of carbonyl (C=O) groups excluding carboxylic acids is 1. The van der Waals surface area contributed by atoms with Gasteiger partial charge in [0.05, 0.1) is 17.4 Å². The third-order valence-electron chi connectivity index (χ3n) is 2.86. The number of amides is 1. The maximum atomic E-state index is 12.2. The Morgan fingerprint density at radius 1 is 1.16 bits per heavy atom. The molecule has 0 saturated carbocycles. The number of rotatable bonds is 2. The monoisotopic (exact) mass is 252 g/mol. The highest BCUT2D eigenvalue weighted by Crippen LogP contribution is 2.17. The Balaban J connectivity index is 1.92. The lowest BCUT2D eigenvalue weighted by molar-refractivity contribution is 0.102. The van der Waals surface area contributed by atoms with E-state index in [0.717, 1.165) is 5.52 Å². The lowest BCUT2D eigenvalue weighted by atomic mass is 10.1. The molecule has 0 radical (unpaired) electrons. The van der Waals surface area contributed by atoms with E-state index in [2.05, 4.69) is 15.3 Å². The van der Waals surface area contributed by atoms with Crippen molar-refractivity contribution in [2.45, 2.75) is 0 Å². The van der Waals surface area contributed by atoms with Gasteiger partial charge in [0.25, 0.3) is 5.91 Å². The van der Waals surface area contributed by atoms with Gasteiger partial charge in [0, 0.05) is 11.4 Å². The molecule has 5 heteroatoms. The van der Waals surface area contributed by atoms with Crippen LogP contribution in [0.1, 0.15) is 10.4 Å². The Morgan fingerprint density at radius 3 is 2.74 bits per heavy atom. The van der Waals surface area contributed by atoms with Crippen molar-refractivity contribution in [3.8, 4) is 0 Å². The second-order valence-electron chi connectivity index (χ2n) is 4.18. The Labute approximate surface area is 109 Å². The van der Waals surface area contributed by atoms with Gasteiger partial charge in [-0.1, -0.05) is 6.07 Å². The molecule has 3 rings (SSSR count). The summed E-state index contributed by atoms with van der Waals surface area (Å²) >= 11 is 0. The first-order valence-corrected chi connectivity index (χ1v) is 5.83. The number of hydrogen-bond donors (Lipinski definition) is 3. The van der Waals surface area contributed by atoms with E-state index in [9.17, 15) is 4.79 Å². The van der Waals surface area contributed by atoms with Crippen molar-refractivity contribution in [3.05, 3.63) is 54.4 Å². The van der Waals surface area contributed by atoms with Gasteiger partial charge in [0.15, 0.2) is 0 Å². The summed E-state index contributed by atoms with van der Waals surface area (Å²) < 4.78 is 0. The standard InChI is InChI=1S/C14H12N4O/c15-9-4-6-10(7-5-9)18-14(19)11-2-1-3-12-13(11)17-8-16-12/h1-8H,15H2,(H,16,17)(H,18,19). The molecule has 0 unspecified atom stereocenters. The predicted molar refractivity (Wildman–Crippen MR) is 74.9 cm³/mol. The fourth-order valence-corrected chi connectivity index (χ4v) is 1.91. The number of carbonyl (C=O) groups is 1. The molecule has 3 aromatic rings. The summed E-state index contributed by atoms with van der Waals surface area (Å²) in [5.41, 5.74) is 9.00. The minimum absolute atomic E-state index is 0.192. The number of para-hydroxylation sites is 1. The number of hydrogen-bond acceptors (Lipinski definition) is 3.